The molecule has 1 aromatic heterocycles. The third-order valence-corrected chi connectivity index (χ3v) is 18.7. The molecule has 0 radical (unpaired) electrons. The number of fused-ring (bicyclic) bond motifs is 1. The van der Waals surface area contributed by atoms with Crippen LogP contribution in [0.15, 0.2) is 34.0 Å². The molecule has 37 heavy (non-hydrogen) atoms. The second-order valence-electron chi connectivity index (χ2n) is 12.4. The Hall–Kier alpha value is -0.523. The average molecular weight is 589 g/mol. The van der Waals surface area contributed by atoms with E-state index in [0.717, 1.165) is 19.3 Å². The lowest BCUT2D eigenvalue weighted by Gasteiger charge is -2.37. The van der Waals surface area contributed by atoms with Gasteiger partial charge in [-0.05, 0) is 69.0 Å². The fraction of sp³-hybridized carbons (Fsp3) is 0.760. The molecule has 3 heterocycles. The third kappa shape index (κ3) is 6.29. The van der Waals surface area contributed by atoms with Crippen LogP contribution in [0.25, 0.3) is 0 Å². The van der Waals surface area contributed by atoms with Crippen LogP contribution in [0.2, 0.25) is 18.1 Å². The SMILES string of the molecule is C=C(C)[C@@H]1CC[C@]2(C)SP(=S)(O[C@H]3C[C@H](n4ccc(=O)[nH]c4=O)O[C@@H]3CO[Si](C)(C)C(C)(C)C)O[C@H]2C1. The van der Waals surface area contributed by atoms with Crippen molar-refractivity contribution < 1.29 is 18.2 Å². The van der Waals surface area contributed by atoms with E-state index < -0.39 is 43.7 Å². The Morgan fingerprint density at radius 2 is 2.08 bits per heavy atom. The Labute approximate surface area is 229 Å². The van der Waals surface area contributed by atoms with Crippen LogP contribution in [0.3, 0.4) is 0 Å². The molecule has 1 aliphatic carbocycles. The van der Waals surface area contributed by atoms with Crippen LogP contribution in [0.4, 0.5) is 0 Å². The summed E-state index contributed by atoms with van der Waals surface area (Å²) in [5.41, 5.74) is -2.43. The van der Waals surface area contributed by atoms with Crippen molar-refractivity contribution in [2.24, 2.45) is 5.92 Å². The van der Waals surface area contributed by atoms with E-state index in [1.165, 1.54) is 22.4 Å². The Balaban J connectivity index is 1.55. The molecule has 1 aromatic rings. The highest BCUT2D eigenvalue weighted by molar-refractivity contribution is 8.68. The van der Waals surface area contributed by atoms with E-state index in [-0.39, 0.29) is 15.9 Å². The molecule has 3 fully saturated rings. The van der Waals surface area contributed by atoms with E-state index in [1.54, 1.807) is 11.4 Å². The fourth-order valence-electron chi connectivity index (χ4n) is 4.89. The van der Waals surface area contributed by atoms with Crippen molar-refractivity contribution in [3.05, 3.63) is 45.3 Å². The Morgan fingerprint density at radius 1 is 1.38 bits per heavy atom. The van der Waals surface area contributed by atoms with Gasteiger partial charge in [0.05, 0.1) is 18.8 Å². The van der Waals surface area contributed by atoms with E-state index in [2.05, 4.69) is 59.3 Å². The van der Waals surface area contributed by atoms with Crippen molar-refractivity contribution in [1.82, 2.24) is 9.55 Å². The number of hydrogen-bond donors (Lipinski definition) is 1. The zero-order chi connectivity index (χ0) is 27.4. The molecule has 8 nitrogen and oxygen atoms in total. The second-order valence-corrected chi connectivity index (χ2v) is 23.7. The third-order valence-electron chi connectivity index (χ3n) is 8.46. The van der Waals surface area contributed by atoms with Crippen molar-refractivity contribution >= 4 is 37.2 Å². The summed E-state index contributed by atoms with van der Waals surface area (Å²) in [5.74, 6) is 0.442. The van der Waals surface area contributed by atoms with Gasteiger partial charge in [0.25, 0.3) is 5.56 Å². The first-order chi connectivity index (χ1) is 17.0. The predicted octanol–water partition coefficient (Wildman–Crippen LogP) is 5.72. The number of hydrogen-bond acceptors (Lipinski definition) is 8. The van der Waals surface area contributed by atoms with E-state index in [9.17, 15) is 9.59 Å². The number of nitrogens with zero attached hydrogens (tertiary/aromatic N) is 1. The molecular formula is C25H41N2O6PS2Si. The smallest absolute Gasteiger partial charge is 0.330 e. The number of rotatable bonds is 7. The molecular weight excluding hydrogens is 547 g/mol. The standard InChI is InChI=1S/C25H41N2O6PS2Si/c1-16(2)17-9-11-25(6)20(13-17)33-34(35,36-25)32-18-14-22(27-12-10-21(28)26-23(27)29)31-19(18)15-30-37(7,8)24(3,4)5/h10,12,17-20,22H,1,9,11,13-15H2,2-8H3,(H,26,28,29)/t17-,18+,19-,20+,22-,25+,34?/m1/s1. The highest BCUT2D eigenvalue weighted by Crippen LogP contribution is 2.76. The Kier molecular flexibility index (Phi) is 8.33. The van der Waals surface area contributed by atoms with Crippen molar-refractivity contribution in [3.8, 4) is 0 Å². The molecule has 3 aliphatic rings. The van der Waals surface area contributed by atoms with Crippen LogP contribution in [0.1, 0.15) is 66.5 Å². The molecule has 1 saturated carbocycles. The van der Waals surface area contributed by atoms with Gasteiger partial charge in [0.15, 0.2) is 8.32 Å². The Bertz CT molecular complexity index is 1200. The highest BCUT2D eigenvalue weighted by Gasteiger charge is 2.55. The zero-order valence-corrected chi connectivity index (χ0v) is 26.5. The molecule has 2 saturated heterocycles. The van der Waals surface area contributed by atoms with Gasteiger partial charge >= 0.3 is 5.69 Å². The molecule has 0 spiro atoms. The first-order valence-corrected chi connectivity index (χ1v) is 19.9. The van der Waals surface area contributed by atoms with Gasteiger partial charge in [0.2, 0.25) is 5.69 Å². The predicted molar refractivity (Wildman–Crippen MR) is 155 cm³/mol. The van der Waals surface area contributed by atoms with Gasteiger partial charge in [-0.1, -0.05) is 44.3 Å². The van der Waals surface area contributed by atoms with Crippen LogP contribution < -0.4 is 11.2 Å². The van der Waals surface area contributed by atoms with Crippen molar-refractivity contribution in [1.29, 1.82) is 0 Å². The molecule has 4 rings (SSSR count). The van der Waals surface area contributed by atoms with Gasteiger partial charge in [-0.15, -0.1) is 0 Å². The number of H-pyrrole nitrogens is 1. The van der Waals surface area contributed by atoms with E-state index in [0.29, 0.717) is 18.9 Å². The lowest BCUT2D eigenvalue weighted by molar-refractivity contribution is -0.0400. The molecule has 12 heteroatoms. The van der Waals surface area contributed by atoms with Crippen LogP contribution in [-0.4, -0.2) is 47.5 Å². The summed E-state index contributed by atoms with van der Waals surface area (Å²) >= 11 is 7.75. The minimum atomic E-state index is -2.67. The maximum Gasteiger partial charge on any atom is 0.330 e. The monoisotopic (exact) mass is 588 g/mol. The summed E-state index contributed by atoms with van der Waals surface area (Å²) in [7, 11) is -2.05. The maximum absolute atomic E-state index is 12.5. The molecule has 1 N–H and O–H groups in total. The number of aromatic amines is 1. The second kappa shape index (κ2) is 10.5. The number of allylic oxidation sites excluding steroid dienone is 1. The van der Waals surface area contributed by atoms with Crippen molar-refractivity contribution in [2.75, 3.05) is 6.61 Å². The van der Waals surface area contributed by atoms with Gasteiger partial charge in [-0.3, -0.25) is 14.3 Å². The first-order valence-electron chi connectivity index (χ1n) is 13.0. The summed E-state index contributed by atoms with van der Waals surface area (Å²) in [6.45, 7) is 19.8. The van der Waals surface area contributed by atoms with Gasteiger partial charge < -0.3 is 18.2 Å². The summed E-state index contributed by atoms with van der Waals surface area (Å²) in [5, 5.41) is 0.0397. The summed E-state index contributed by atoms with van der Waals surface area (Å²) in [6, 6.07) is 1.32. The topological polar surface area (TPSA) is 91.8 Å². The van der Waals surface area contributed by atoms with Crippen molar-refractivity contribution in [3.63, 3.8) is 0 Å². The fourth-order valence-corrected chi connectivity index (χ4v) is 13.5. The number of ether oxygens (including phenoxy) is 1. The molecule has 208 valence electrons. The Morgan fingerprint density at radius 3 is 2.70 bits per heavy atom. The number of nitrogens with one attached hydrogen (secondary N) is 1. The van der Waals surface area contributed by atoms with Crippen LogP contribution in [0, 0.1) is 5.92 Å². The summed E-state index contributed by atoms with van der Waals surface area (Å²) in [4.78, 5) is 26.4. The summed E-state index contributed by atoms with van der Waals surface area (Å²) in [6.07, 6.45) is 3.50. The maximum atomic E-state index is 12.5. The molecule has 2 aliphatic heterocycles. The lowest BCUT2D eigenvalue weighted by Crippen LogP contribution is -2.44. The van der Waals surface area contributed by atoms with E-state index >= 15 is 0 Å². The van der Waals surface area contributed by atoms with Gasteiger partial charge in [0.1, 0.15) is 12.3 Å². The lowest BCUT2D eigenvalue weighted by atomic mass is 9.77. The zero-order valence-electron chi connectivity index (χ0n) is 22.9. The van der Waals surface area contributed by atoms with E-state index in [1.807, 2.05) is 0 Å². The molecule has 1 unspecified atom stereocenters. The minimum Gasteiger partial charge on any atom is -0.414 e. The summed E-state index contributed by atoms with van der Waals surface area (Å²) < 4.78 is 27.4. The minimum absolute atomic E-state index is 0.0284. The molecule has 0 amide bonds. The van der Waals surface area contributed by atoms with Gasteiger partial charge in [-0.25, -0.2) is 4.79 Å². The van der Waals surface area contributed by atoms with Crippen LogP contribution >= 0.6 is 17.1 Å². The van der Waals surface area contributed by atoms with Gasteiger partial charge in [-0.2, -0.15) is 0 Å². The van der Waals surface area contributed by atoms with Crippen molar-refractivity contribution in [2.45, 2.75) is 108 Å². The molecule has 7 atom stereocenters. The van der Waals surface area contributed by atoms with Crippen LogP contribution in [-0.2, 0) is 30.0 Å². The van der Waals surface area contributed by atoms with Gasteiger partial charge in [0, 0.05) is 23.4 Å². The largest absolute Gasteiger partial charge is 0.414 e. The quantitative estimate of drug-likeness (QED) is 0.246. The van der Waals surface area contributed by atoms with Crippen LogP contribution in [0.5, 0.6) is 0 Å². The molecule has 0 aromatic carbocycles. The first kappa shape index (κ1) is 29.5. The number of aromatic nitrogens is 2. The highest BCUT2D eigenvalue weighted by atomic mass is 32.9. The average Bonchev–Trinajstić information content (AvgIpc) is 3.27. The molecule has 0 bridgehead atoms. The normalized spacial score (nSPS) is 36.5. The van der Waals surface area contributed by atoms with E-state index in [4.69, 9.17) is 30.0 Å².